The number of carbonyl (C=O) groups excluding carboxylic acids is 1. The molecule has 0 radical (unpaired) electrons. The van der Waals surface area contributed by atoms with Gasteiger partial charge in [0.2, 0.25) is 0 Å². The summed E-state index contributed by atoms with van der Waals surface area (Å²) in [6, 6.07) is 7.60. The van der Waals surface area contributed by atoms with Crippen LogP contribution in [0.1, 0.15) is 17.3 Å². The Kier molecular flexibility index (Phi) is 3.99. The lowest BCUT2D eigenvalue weighted by atomic mass is 10.1. The quantitative estimate of drug-likeness (QED) is 0.849. The van der Waals surface area contributed by atoms with Gasteiger partial charge < -0.3 is 15.0 Å². The highest BCUT2D eigenvalue weighted by Gasteiger charge is 2.08. The zero-order chi connectivity index (χ0) is 13.0. The molecule has 1 aromatic carbocycles. The third kappa shape index (κ3) is 2.90. The number of fused-ring (bicyclic) bond motifs is 1. The molecule has 0 aliphatic carbocycles. The van der Waals surface area contributed by atoms with E-state index in [0.717, 1.165) is 10.9 Å². The Labute approximate surface area is 106 Å². The highest BCUT2D eigenvalue weighted by molar-refractivity contribution is 5.98. The molecule has 1 heterocycles. The summed E-state index contributed by atoms with van der Waals surface area (Å²) in [4.78, 5) is 15.1. The zero-order valence-corrected chi connectivity index (χ0v) is 10.7. The highest BCUT2D eigenvalue weighted by atomic mass is 16.5. The monoisotopic (exact) mass is 246 g/mol. The predicted octanol–water partition coefficient (Wildman–Crippen LogP) is 2.18. The van der Waals surface area contributed by atoms with Gasteiger partial charge in [0.05, 0.1) is 6.61 Å². The molecule has 0 fully saturated rings. The number of nitrogens with one attached hydrogen (secondary N) is 2. The van der Waals surface area contributed by atoms with Crippen LogP contribution in [0, 0.1) is 5.92 Å². The number of carbonyl (C=O) groups is 1. The topological polar surface area (TPSA) is 54.1 Å². The largest absolute Gasteiger partial charge is 0.384 e. The standard InChI is InChI=1S/C14H18N2O2/c1-10(9-18-2)8-16-14(17)12-3-4-13-11(7-12)5-6-15-13/h3-7,10,15H,8-9H2,1-2H3,(H,16,17). The number of aromatic amines is 1. The summed E-state index contributed by atoms with van der Waals surface area (Å²) in [7, 11) is 1.66. The average molecular weight is 246 g/mol. The molecule has 1 amide bonds. The Morgan fingerprint density at radius 3 is 3.06 bits per heavy atom. The molecule has 96 valence electrons. The van der Waals surface area contributed by atoms with Crippen LogP contribution in [0.2, 0.25) is 0 Å². The molecule has 0 saturated heterocycles. The second-order valence-corrected chi connectivity index (χ2v) is 4.55. The smallest absolute Gasteiger partial charge is 0.251 e. The van der Waals surface area contributed by atoms with Gasteiger partial charge in [-0.2, -0.15) is 0 Å². The number of methoxy groups -OCH3 is 1. The van der Waals surface area contributed by atoms with E-state index in [1.54, 1.807) is 7.11 Å². The van der Waals surface area contributed by atoms with Gasteiger partial charge in [-0.15, -0.1) is 0 Å². The minimum atomic E-state index is -0.0407. The van der Waals surface area contributed by atoms with E-state index in [-0.39, 0.29) is 5.91 Å². The second kappa shape index (κ2) is 5.69. The van der Waals surface area contributed by atoms with E-state index >= 15 is 0 Å². The lowest BCUT2D eigenvalue weighted by Crippen LogP contribution is -2.29. The third-order valence-electron chi connectivity index (χ3n) is 2.88. The molecule has 1 atom stereocenters. The summed E-state index contributed by atoms with van der Waals surface area (Å²) in [5, 5.41) is 3.96. The minimum Gasteiger partial charge on any atom is -0.384 e. The SMILES string of the molecule is COCC(C)CNC(=O)c1ccc2[nH]ccc2c1. The fourth-order valence-corrected chi connectivity index (χ4v) is 1.91. The van der Waals surface area contributed by atoms with Crippen LogP contribution in [-0.4, -0.2) is 31.2 Å². The highest BCUT2D eigenvalue weighted by Crippen LogP contribution is 2.14. The number of benzene rings is 1. The summed E-state index contributed by atoms with van der Waals surface area (Å²) in [5.74, 6) is 0.274. The van der Waals surface area contributed by atoms with E-state index in [4.69, 9.17) is 4.74 Å². The normalized spacial score (nSPS) is 12.6. The van der Waals surface area contributed by atoms with Gasteiger partial charge >= 0.3 is 0 Å². The van der Waals surface area contributed by atoms with Crippen LogP contribution < -0.4 is 5.32 Å². The predicted molar refractivity (Wildman–Crippen MR) is 71.7 cm³/mol. The van der Waals surface area contributed by atoms with Gasteiger partial charge in [0.25, 0.3) is 5.91 Å². The van der Waals surface area contributed by atoms with E-state index in [0.29, 0.717) is 24.6 Å². The molecule has 1 unspecified atom stereocenters. The number of rotatable bonds is 5. The van der Waals surface area contributed by atoms with E-state index in [9.17, 15) is 4.79 Å². The van der Waals surface area contributed by atoms with Crippen molar-refractivity contribution in [1.82, 2.24) is 10.3 Å². The van der Waals surface area contributed by atoms with Gasteiger partial charge in [-0.1, -0.05) is 6.92 Å². The molecule has 2 aromatic rings. The minimum absolute atomic E-state index is 0.0407. The summed E-state index contributed by atoms with van der Waals surface area (Å²) in [6.07, 6.45) is 1.87. The Hall–Kier alpha value is -1.81. The van der Waals surface area contributed by atoms with Crippen molar-refractivity contribution in [3.63, 3.8) is 0 Å². The van der Waals surface area contributed by atoms with Crippen LogP contribution in [0.5, 0.6) is 0 Å². The van der Waals surface area contributed by atoms with Crippen molar-refractivity contribution >= 4 is 16.8 Å². The summed E-state index contributed by atoms with van der Waals surface area (Å²) in [6.45, 7) is 3.31. The third-order valence-corrected chi connectivity index (χ3v) is 2.88. The number of aromatic nitrogens is 1. The molecule has 0 spiro atoms. The van der Waals surface area contributed by atoms with Gasteiger partial charge in [-0.25, -0.2) is 0 Å². The maximum Gasteiger partial charge on any atom is 0.251 e. The number of ether oxygens (including phenoxy) is 1. The number of H-pyrrole nitrogens is 1. The molecule has 4 heteroatoms. The summed E-state index contributed by atoms with van der Waals surface area (Å²) >= 11 is 0. The second-order valence-electron chi connectivity index (χ2n) is 4.55. The first kappa shape index (κ1) is 12.6. The Bertz CT molecular complexity index is 533. The fraction of sp³-hybridized carbons (Fsp3) is 0.357. The summed E-state index contributed by atoms with van der Waals surface area (Å²) in [5.41, 5.74) is 1.73. The molecular weight excluding hydrogens is 228 g/mol. The van der Waals surface area contributed by atoms with Crippen molar-refractivity contribution in [1.29, 1.82) is 0 Å². The molecular formula is C14H18N2O2. The zero-order valence-electron chi connectivity index (χ0n) is 10.7. The van der Waals surface area contributed by atoms with Gasteiger partial charge in [-0.05, 0) is 30.2 Å². The van der Waals surface area contributed by atoms with Crippen LogP contribution in [0.4, 0.5) is 0 Å². The van der Waals surface area contributed by atoms with Gasteiger partial charge in [0.15, 0.2) is 0 Å². The Balaban J connectivity index is 1.99. The lowest BCUT2D eigenvalue weighted by molar-refractivity contribution is 0.0934. The molecule has 1 aromatic heterocycles. The molecule has 0 saturated carbocycles. The van der Waals surface area contributed by atoms with Crippen molar-refractivity contribution < 1.29 is 9.53 Å². The Morgan fingerprint density at radius 2 is 2.28 bits per heavy atom. The Morgan fingerprint density at radius 1 is 1.44 bits per heavy atom. The van der Waals surface area contributed by atoms with Crippen molar-refractivity contribution in [2.75, 3.05) is 20.3 Å². The maximum absolute atomic E-state index is 12.0. The molecule has 18 heavy (non-hydrogen) atoms. The van der Waals surface area contributed by atoms with Crippen LogP contribution in [0.3, 0.4) is 0 Å². The molecule has 0 aliphatic rings. The van der Waals surface area contributed by atoms with E-state index in [2.05, 4.69) is 10.3 Å². The van der Waals surface area contributed by atoms with Gasteiger partial charge in [0.1, 0.15) is 0 Å². The first-order chi connectivity index (χ1) is 8.70. The number of amides is 1. The number of hydrogen-bond donors (Lipinski definition) is 2. The first-order valence-corrected chi connectivity index (χ1v) is 6.05. The van der Waals surface area contributed by atoms with Crippen molar-refractivity contribution in [3.8, 4) is 0 Å². The van der Waals surface area contributed by atoms with Crippen molar-refractivity contribution in [2.24, 2.45) is 5.92 Å². The fourth-order valence-electron chi connectivity index (χ4n) is 1.91. The van der Waals surface area contributed by atoms with Gasteiger partial charge in [-0.3, -0.25) is 4.79 Å². The van der Waals surface area contributed by atoms with Crippen LogP contribution in [-0.2, 0) is 4.74 Å². The van der Waals surface area contributed by atoms with E-state index < -0.39 is 0 Å². The van der Waals surface area contributed by atoms with E-state index in [1.807, 2.05) is 37.4 Å². The average Bonchev–Trinajstić information content (AvgIpc) is 2.83. The summed E-state index contributed by atoms with van der Waals surface area (Å²) < 4.78 is 5.03. The molecule has 0 bridgehead atoms. The first-order valence-electron chi connectivity index (χ1n) is 6.05. The van der Waals surface area contributed by atoms with Crippen LogP contribution in [0.15, 0.2) is 30.5 Å². The van der Waals surface area contributed by atoms with Gasteiger partial charge in [0, 0.05) is 36.3 Å². The van der Waals surface area contributed by atoms with Crippen LogP contribution >= 0.6 is 0 Å². The van der Waals surface area contributed by atoms with Crippen molar-refractivity contribution in [3.05, 3.63) is 36.0 Å². The van der Waals surface area contributed by atoms with Crippen LogP contribution in [0.25, 0.3) is 10.9 Å². The molecule has 4 nitrogen and oxygen atoms in total. The molecule has 2 rings (SSSR count). The lowest BCUT2D eigenvalue weighted by Gasteiger charge is -2.11. The van der Waals surface area contributed by atoms with E-state index in [1.165, 1.54) is 0 Å². The molecule has 2 N–H and O–H groups in total. The number of hydrogen-bond acceptors (Lipinski definition) is 2. The maximum atomic E-state index is 12.0. The molecule has 0 aliphatic heterocycles. The van der Waals surface area contributed by atoms with Crippen molar-refractivity contribution in [2.45, 2.75) is 6.92 Å².